The highest BCUT2D eigenvalue weighted by molar-refractivity contribution is 5.93. The summed E-state index contributed by atoms with van der Waals surface area (Å²) < 4.78 is 12.6. The Morgan fingerprint density at radius 2 is 1.92 bits per heavy atom. The zero-order chi connectivity index (χ0) is 17.9. The van der Waals surface area contributed by atoms with Gasteiger partial charge in [-0.3, -0.25) is 9.48 Å². The van der Waals surface area contributed by atoms with Gasteiger partial charge in [0.15, 0.2) is 17.2 Å². The van der Waals surface area contributed by atoms with Crippen LogP contribution in [0.4, 0.5) is 0 Å². The van der Waals surface area contributed by atoms with Gasteiger partial charge in [0.1, 0.15) is 0 Å². The molecule has 26 heavy (non-hydrogen) atoms. The molecule has 6 nitrogen and oxygen atoms in total. The van der Waals surface area contributed by atoms with Crippen molar-refractivity contribution in [2.75, 3.05) is 6.79 Å². The highest BCUT2D eigenvalue weighted by Crippen LogP contribution is 2.36. The van der Waals surface area contributed by atoms with Crippen molar-refractivity contribution in [2.45, 2.75) is 20.0 Å². The second-order valence-corrected chi connectivity index (χ2v) is 5.97. The van der Waals surface area contributed by atoms with Crippen molar-refractivity contribution >= 4 is 5.91 Å². The van der Waals surface area contributed by atoms with Crippen LogP contribution in [-0.2, 0) is 13.1 Å². The minimum absolute atomic E-state index is 0.192. The molecule has 1 aromatic heterocycles. The first-order valence-corrected chi connectivity index (χ1v) is 8.54. The molecule has 1 aliphatic heterocycles. The molecular formula is C20H19N3O3. The molecule has 2 heterocycles. The predicted octanol–water partition coefficient (Wildman–Crippen LogP) is 3.23. The topological polar surface area (TPSA) is 65.4 Å². The van der Waals surface area contributed by atoms with Crippen LogP contribution in [0.5, 0.6) is 11.5 Å². The smallest absolute Gasteiger partial charge is 0.272 e. The number of aryl methyl sites for hydroxylation is 1. The first-order valence-electron chi connectivity index (χ1n) is 8.54. The summed E-state index contributed by atoms with van der Waals surface area (Å²) in [5, 5.41) is 7.36. The van der Waals surface area contributed by atoms with E-state index in [1.807, 2.05) is 60.1 Å². The maximum atomic E-state index is 12.5. The normalized spacial score (nSPS) is 12.2. The number of benzene rings is 2. The lowest BCUT2D eigenvalue weighted by molar-refractivity contribution is 0.0945. The van der Waals surface area contributed by atoms with Gasteiger partial charge in [-0.05, 0) is 36.8 Å². The van der Waals surface area contributed by atoms with Crippen molar-refractivity contribution in [3.05, 3.63) is 65.9 Å². The van der Waals surface area contributed by atoms with Gasteiger partial charge >= 0.3 is 0 Å². The Hall–Kier alpha value is -3.28. The Kier molecular flexibility index (Phi) is 4.31. The molecule has 1 amide bonds. The molecule has 0 bridgehead atoms. The first kappa shape index (κ1) is 16.2. The van der Waals surface area contributed by atoms with Crippen LogP contribution >= 0.6 is 0 Å². The number of aromatic nitrogens is 2. The lowest BCUT2D eigenvalue weighted by atomic mass is 10.1. The number of carbonyl (C=O) groups excluding carboxylic acids is 1. The predicted molar refractivity (Wildman–Crippen MR) is 97.1 cm³/mol. The monoisotopic (exact) mass is 349 g/mol. The number of ether oxygens (including phenoxy) is 2. The quantitative estimate of drug-likeness (QED) is 0.768. The van der Waals surface area contributed by atoms with Gasteiger partial charge in [0.25, 0.3) is 5.91 Å². The van der Waals surface area contributed by atoms with E-state index in [9.17, 15) is 4.79 Å². The molecule has 0 aliphatic carbocycles. The molecule has 3 aromatic rings. The van der Waals surface area contributed by atoms with E-state index in [2.05, 4.69) is 10.4 Å². The zero-order valence-corrected chi connectivity index (χ0v) is 14.4. The Bertz CT molecular complexity index is 935. The number of nitrogens with one attached hydrogen (secondary N) is 1. The fraction of sp³-hybridized carbons (Fsp3) is 0.200. The van der Waals surface area contributed by atoms with E-state index in [0.29, 0.717) is 24.5 Å². The summed E-state index contributed by atoms with van der Waals surface area (Å²) in [5.74, 6) is 1.25. The molecule has 1 N–H and O–H groups in total. The molecule has 1 aliphatic rings. The largest absolute Gasteiger partial charge is 0.454 e. The summed E-state index contributed by atoms with van der Waals surface area (Å²) in [6.07, 6.45) is 0. The number of hydrogen-bond donors (Lipinski definition) is 1. The third kappa shape index (κ3) is 3.13. The molecule has 132 valence electrons. The van der Waals surface area contributed by atoms with Gasteiger partial charge in [-0.15, -0.1) is 0 Å². The van der Waals surface area contributed by atoms with Crippen LogP contribution in [0.2, 0.25) is 0 Å². The molecule has 0 saturated carbocycles. The molecule has 0 spiro atoms. The molecule has 0 unspecified atom stereocenters. The number of amides is 1. The van der Waals surface area contributed by atoms with E-state index in [1.165, 1.54) is 0 Å². The third-order valence-corrected chi connectivity index (χ3v) is 4.28. The van der Waals surface area contributed by atoms with E-state index in [-0.39, 0.29) is 12.7 Å². The zero-order valence-electron chi connectivity index (χ0n) is 14.4. The maximum Gasteiger partial charge on any atom is 0.272 e. The SMILES string of the molecule is CCn1nc(C(=O)NCc2ccccc2)cc1-c1ccc2c(c1)OCO2. The lowest BCUT2D eigenvalue weighted by Crippen LogP contribution is -2.23. The van der Waals surface area contributed by atoms with Crippen LogP contribution in [0.1, 0.15) is 23.0 Å². The van der Waals surface area contributed by atoms with Crippen LogP contribution in [0.15, 0.2) is 54.6 Å². The van der Waals surface area contributed by atoms with Crippen LogP contribution in [0.3, 0.4) is 0 Å². The van der Waals surface area contributed by atoms with Crippen molar-refractivity contribution in [1.82, 2.24) is 15.1 Å². The molecule has 0 atom stereocenters. The van der Waals surface area contributed by atoms with E-state index < -0.39 is 0 Å². The average molecular weight is 349 g/mol. The van der Waals surface area contributed by atoms with Gasteiger partial charge in [0.05, 0.1) is 5.69 Å². The van der Waals surface area contributed by atoms with Crippen molar-refractivity contribution in [3.8, 4) is 22.8 Å². The second-order valence-electron chi connectivity index (χ2n) is 5.97. The molecular weight excluding hydrogens is 330 g/mol. The number of rotatable bonds is 5. The summed E-state index contributed by atoms with van der Waals surface area (Å²) >= 11 is 0. The van der Waals surface area contributed by atoms with Crippen LogP contribution < -0.4 is 14.8 Å². The van der Waals surface area contributed by atoms with Crippen molar-refractivity contribution in [3.63, 3.8) is 0 Å². The fourth-order valence-corrected chi connectivity index (χ4v) is 2.93. The van der Waals surface area contributed by atoms with E-state index in [4.69, 9.17) is 9.47 Å². The van der Waals surface area contributed by atoms with Gasteiger partial charge < -0.3 is 14.8 Å². The molecule has 6 heteroatoms. The van der Waals surface area contributed by atoms with Gasteiger partial charge in [0.2, 0.25) is 6.79 Å². The Labute approximate surface area is 151 Å². The van der Waals surface area contributed by atoms with Gasteiger partial charge in [-0.25, -0.2) is 0 Å². The highest BCUT2D eigenvalue weighted by atomic mass is 16.7. The van der Waals surface area contributed by atoms with Crippen molar-refractivity contribution in [1.29, 1.82) is 0 Å². The average Bonchev–Trinajstić information content (AvgIpc) is 3.32. The number of fused-ring (bicyclic) bond motifs is 1. The number of hydrogen-bond acceptors (Lipinski definition) is 4. The van der Waals surface area contributed by atoms with Gasteiger partial charge in [-0.2, -0.15) is 5.10 Å². The summed E-state index contributed by atoms with van der Waals surface area (Å²) in [5.41, 5.74) is 3.25. The standard InChI is InChI=1S/C20H19N3O3/c1-2-23-17(15-8-9-18-19(10-15)26-13-25-18)11-16(22-23)20(24)21-12-14-6-4-3-5-7-14/h3-11H,2,12-13H2,1H3,(H,21,24). The summed E-state index contributed by atoms with van der Waals surface area (Å²) in [7, 11) is 0. The van der Waals surface area contributed by atoms with Gasteiger partial charge in [-0.1, -0.05) is 30.3 Å². The van der Waals surface area contributed by atoms with E-state index in [0.717, 1.165) is 22.6 Å². The summed E-state index contributed by atoms with van der Waals surface area (Å²) in [6.45, 7) is 3.36. The molecule has 0 fully saturated rings. The number of carbonyl (C=O) groups is 1. The maximum absolute atomic E-state index is 12.5. The summed E-state index contributed by atoms with van der Waals surface area (Å²) in [6, 6.07) is 17.3. The second kappa shape index (κ2) is 6.92. The van der Waals surface area contributed by atoms with Gasteiger partial charge in [0, 0.05) is 18.7 Å². The fourth-order valence-electron chi connectivity index (χ4n) is 2.93. The Morgan fingerprint density at radius 1 is 1.12 bits per heavy atom. The first-order chi connectivity index (χ1) is 12.7. The van der Waals surface area contributed by atoms with Crippen LogP contribution in [-0.4, -0.2) is 22.5 Å². The van der Waals surface area contributed by atoms with Crippen LogP contribution in [0, 0.1) is 0 Å². The van der Waals surface area contributed by atoms with E-state index in [1.54, 1.807) is 6.07 Å². The minimum atomic E-state index is -0.192. The Morgan fingerprint density at radius 3 is 2.73 bits per heavy atom. The van der Waals surface area contributed by atoms with Crippen molar-refractivity contribution in [2.24, 2.45) is 0 Å². The van der Waals surface area contributed by atoms with Crippen molar-refractivity contribution < 1.29 is 14.3 Å². The highest BCUT2D eigenvalue weighted by Gasteiger charge is 2.18. The molecule has 0 saturated heterocycles. The molecule has 0 radical (unpaired) electrons. The van der Waals surface area contributed by atoms with E-state index >= 15 is 0 Å². The third-order valence-electron chi connectivity index (χ3n) is 4.28. The minimum Gasteiger partial charge on any atom is -0.454 e. The Balaban J connectivity index is 1.56. The van der Waals surface area contributed by atoms with Crippen LogP contribution in [0.25, 0.3) is 11.3 Å². The summed E-state index contributed by atoms with van der Waals surface area (Å²) in [4.78, 5) is 12.5. The molecule has 4 rings (SSSR count). The lowest BCUT2D eigenvalue weighted by Gasteiger charge is -2.05. The molecule has 2 aromatic carbocycles. The number of nitrogens with zero attached hydrogens (tertiary/aromatic N) is 2.